The van der Waals surface area contributed by atoms with E-state index < -0.39 is 41.9 Å². The minimum Gasteiger partial charge on any atom is -0.496 e. The van der Waals surface area contributed by atoms with Crippen molar-refractivity contribution in [2.75, 3.05) is 7.11 Å². The maximum absolute atomic E-state index is 13.1. The molecular formula is C12H11F4NO4. The summed E-state index contributed by atoms with van der Waals surface area (Å²) in [5.74, 6) is -3.94. The van der Waals surface area contributed by atoms with E-state index in [1.165, 1.54) is 7.11 Å². The van der Waals surface area contributed by atoms with E-state index in [0.29, 0.717) is 0 Å². The van der Waals surface area contributed by atoms with E-state index in [1.54, 1.807) is 5.32 Å². The number of nitrogens with one attached hydrogen (secondary N) is 1. The second-order valence-corrected chi connectivity index (χ2v) is 4.03. The number of alkyl halides is 3. The first kappa shape index (κ1) is 16.7. The fourth-order valence-electron chi connectivity index (χ4n) is 1.53. The molecule has 0 bridgehead atoms. The molecule has 9 heteroatoms. The molecule has 0 aromatic heterocycles. The van der Waals surface area contributed by atoms with Crippen molar-refractivity contribution < 1.29 is 37.0 Å². The first-order chi connectivity index (χ1) is 9.64. The van der Waals surface area contributed by atoms with Crippen LogP contribution in [0.4, 0.5) is 17.6 Å². The van der Waals surface area contributed by atoms with Gasteiger partial charge in [0, 0.05) is 0 Å². The maximum Gasteiger partial charge on any atom is 0.391 e. The summed E-state index contributed by atoms with van der Waals surface area (Å²) in [4.78, 5) is 22.5. The van der Waals surface area contributed by atoms with Crippen molar-refractivity contribution in [2.45, 2.75) is 18.6 Å². The Kier molecular flexibility index (Phi) is 5.12. The molecular weight excluding hydrogens is 298 g/mol. The number of carbonyl (C=O) groups is 2. The summed E-state index contributed by atoms with van der Waals surface area (Å²) in [5.41, 5.74) is -0.397. The van der Waals surface area contributed by atoms with Crippen LogP contribution in [0.25, 0.3) is 0 Å². The molecule has 5 nitrogen and oxygen atoms in total. The lowest BCUT2D eigenvalue weighted by Crippen LogP contribution is -2.43. The third-order valence-corrected chi connectivity index (χ3v) is 2.45. The van der Waals surface area contributed by atoms with Gasteiger partial charge in [-0.3, -0.25) is 4.79 Å². The average Bonchev–Trinajstić information content (AvgIpc) is 2.36. The van der Waals surface area contributed by atoms with Crippen molar-refractivity contribution in [3.63, 3.8) is 0 Å². The largest absolute Gasteiger partial charge is 0.496 e. The molecule has 0 saturated carbocycles. The molecule has 1 atom stereocenters. The van der Waals surface area contributed by atoms with Crippen LogP contribution >= 0.6 is 0 Å². The normalized spacial score (nSPS) is 12.6. The number of hydrogen-bond donors (Lipinski definition) is 2. The number of aliphatic carboxylic acids is 1. The summed E-state index contributed by atoms with van der Waals surface area (Å²) < 4.78 is 54.5. The predicted octanol–water partition coefficient (Wildman–Crippen LogP) is 1.97. The topological polar surface area (TPSA) is 75.6 Å². The number of carboxylic acids is 1. The Morgan fingerprint density at radius 1 is 1.38 bits per heavy atom. The molecule has 0 radical (unpaired) electrons. The van der Waals surface area contributed by atoms with Crippen LogP contribution in [0, 0.1) is 5.82 Å². The Hall–Kier alpha value is -2.32. The van der Waals surface area contributed by atoms with Gasteiger partial charge in [-0.15, -0.1) is 0 Å². The van der Waals surface area contributed by atoms with Crippen LogP contribution in [-0.2, 0) is 4.79 Å². The highest BCUT2D eigenvalue weighted by molar-refractivity contribution is 5.98. The van der Waals surface area contributed by atoms with E-state index in [2.05, 4.69) is 0 Å². The molecule has 1 aromatic carbocycles. The van der Waals surface area contributed by atoms with Gasteiger partial charge in [-0.05, 0) is 18.2 Å². The molecule has 0 heterocycles. The predicted molar refractivity (Wildman–Crippen MR) is 62.5 cm³/mol. The molecule has 21 heavy (non-hydrogen) atoms. The summed E-state index contributed by atoms with van der Waals surface area (Å²) in [6.07, 6.45) is -6.52. The summed E-state index contributed by atoms with van der Waals surface area (Å²) >= 11 is 0. The van der Waals surface area contributed by atoms with E-state index in [4.69, 9.17) is 9.84 Å². The van der Waals surface area contributed by atoms with Gasteiger partial charge in [-0.25, -0.2) is 9.18 Å². The molecule has 0 aliphatic carbocycles. The first-order valence-electron chi connectivity index (χ1n) is 5.58. The fraction of sp³-hybridized carbons (Fsp3) is 0.333. The monoisotopic (exact) mass is 309 g/mol. The van der Waals surface area contributed by atoms with Crippen molar-refractivity contribution in [2.24, 2.45) is 0 Å². The number of amides is 1. The Labute approximate surface area is 116 Å². The zero-order valence-electron chi connectivity index (χ0n) is 10.7. The maximum atomic E-state index is 13.1. The van der Waals surface area contributed by atoms with Gasteiger partial charge in [0.15, 0.2) is 0 Å². The minimum atomic E-state index is -4.78. The SMILES string of the molecule is COc1ccc(F)cc1C(=O)NC(CC(F)(F)F)C(=O)O. The summed E-state index contributed by atoms with van der Waals surface area (Å²) in [5, 5.41) is 10.4. The zero-order valence-corrected chi connectivity index (χ0v) is 10.7. The Bertz CT molecular complexity index is 545. The van der Waals surface area contributed by atoms with Crippen LogP contribution in [0.5, 0.6) is 5.75 Å². The van der Waals surface area contributed by atoms with Crippen LogP contribution in [0.15, 0.2) is 18.2 Å². The number of hydrogen-bond acceptors (Lipinski definition) is 3. The van der Waals surface area contributed by atoms with Gasteiger partial charge in [0.2, 0.25) is 0 Å². The van der Waals surface area contributed by atoms with E-state index in [-0.39, 0.29) is 5.75 Å². The van der Waals surface area contributed by atoms with E-state index in [9.17, 15) is 27.2 Å². The van der Waals surface area contributed by atoms with Crippen LogP contribution < -0.4 is 10.1 Å². The van der Waals surface area contributed by atoms with Gasteiger partial charge in [0.1, 0.15) is 17.6 Å². The van der Waals surface area contributed by atoms with Crippen molar-refractivity contribution in [1.29, 1.82) is 0 Å². The second kappa shape index (κ2) is 6.42. The third kappa shape index (κ3) is 4.93. The number of halogens is 4. The molecule has 0 spiro atoms. The molecule has 1 amide bonds. The molecule has 116 valence electrons. The van der Waals surface area contributed by atoms with Crippen molar-refractivity contribution >= 4 is 11.9 Å². The minimum absolute atomic E-state index is 0.0925. The van der Waals surface area contributed by atoms with Crippen LogP contribution in [0.3, 0.4) is 0 Å². The van der Waals surface area contributed by atoms with E-state index >= 15 is 0 Å². The lowest BCUT2D eigenvalue weighted by molar-refractivity contribution is -0.157. The number of rotatable bonds is 5. The molecule has 1 rings (SSSR count). The number of benzene rings is 1. The highest BCUT2D eigenvalue weighted by Gasteiger charge is 2.36. The first-order valence-corrected chi connectivity index (χ1v) is 5.58. The summed E-state index contributed by atoms with van der Waals surface area (Å²) in [6.45, 7) is 0. The van der Waals surface area contributed by atoms with Gasteiger partial charge in [0.25, 0.3) is 5.91 Å². The quantitative estimate of drug-likeness (QED) is 0.815. The lowest BCUT2D eigenvalue weighted by atomic mass is 10.1. The number of methoxy groups -OCH3 is 1. The van der Waals surface area contributed by atoms with Crippen molar-refractivity contribution in [3.05, 3.63) is 29.6 Å². The van der Waals surface area contributed by atoms with Gasteiger partial charge in [0.05, 0.1) is 19.1 Å². The summed E-state index contributed by atoms with van der Waals surface area (Å²) in [6, 6.07) is 0.648. The van der Waals surface area contributed by atoms with Crippen molar-refractivity contribution in [1.82, 2.24) is 5.32 Å². The molecule has 1 unspecified atom stereocenters. The molecule has 0 aliphatic rings. The average molecular weight is 309 g/mol. The van der Waals surface area contributed by atoms with Crippen LogP contribution in [0.1, 0.15) is 16.8 Å². The highest BCUT2D eigenvalue weighted by Crippen LogP contribution is 2.23. The van der Waals surface area contributed by atoms with Crippen molar-refractivity contribution in [3.8, 4) is 5.75 Å². The molecule has 0 fully saturated rings. The van der Waals surface area contributed by atoms with Gasteiger partial charge >= 0.3 is 12.1 Å². The third-order valence-electron chi connectivity index (χ3n) is 2.45. The van der Waals surface area contributed by atoms with Gasteiger partial charge in [-0.2, -0.15) is 13.2 Å². The molecule has 1 aromatic rings. The molecule has 0 aliphatic heterocycles. The standard InChI is InChI=1S/C12H11F4NO4/c1-21-9-3-2-6(13)4-7(9)10(18)17-8(11(19)20)5-12(14,15)16/h2-4,8H,5H2,1H3,(H,17,18)(H,19,20). The number of ether oxygens (including phenoxy) is 1. The zero-order chi connectivity index (χ0) is 16.2. The highest BCUT2D eigenvalue weighted by atomic mass is 19.4. The summed E-state index contributed by atoms with van der Waals surface area (Å²) in [7, 11) is 1.18. The van der Waals surface area contributed by atoms with Crippen LogP contribution in [0.2, 0.25) is 0 Å². The Morgan fingerprint density at radius 3 is 2.48 bits per heavy atom. The Morgan fingerprint density at radius 2 is 2.00 bits per heavy atom. The smallest absolute Gasteiger partial charge is 0.391 e. The number of carboxylic acid groups (broad SMARTS) is 1. The van der Waals surface area contributed by atoms with Crippen LogP contribution in [-0.4, -0.2) is 36.3 Å². The van der Waals surface area contributed by atoms with E-state index in [1.807, 2.05) is 0 Å². The Balaban J connectivity index is 2.97. The molecule has 2 N–H and O–H groups in total. The second-order valence-electron chi connectivity index (χ2n) is 4.03. The van der Waals surface area contributed by atoms with Gasteiger partial charge < -0.3 is 15.2 Å². The fourth-order valence-corrected chi connectivity index (χ4v) is 1.53. The number of carbonyl (C=O) groups excluding carboxylic acids is 1. The molecule has 0 saturated heterocycles. The van der Waals surface area contributed by atoms with E-state index in [0.717, 1.165) is 18.2 Å². The van der Waals surface area contributed by atoms with Gasteiger partial charge in [-0.1, -0.05) is 0 Å². The lowest BCUT2D eigenvalue weighted by Gasteiger charge is -2.17.